The maximum absolute atomic E-state index is 13.0. The first-order valence-electron chi connectivity index (χ1n) is 19.9. The summed E-state index contributed by atoms with van der Waals surface area (Å²) >= 11 is 0. The van der Waals surface area contributed by atoms with Gasteiger partial charge in [-0.2, -0.15) is 0 Å². The summed E-state index contributed by atoms with van der Waals surface area (Å²) in [6, 6.07) is 6.75. The molecule has 0 N–H and O–H groups in total. The van der Waals surface area contributed by atoms with Crippen molar-refractivity contribution < 1.29 is 18.4 Å². The minimum absolute atomic E-state index is 0.209. The van der Waals surface area contributed by atoms with E-state index >= 15 is 0 Å². The zero-order valence-electron chi connectivity index (χ0n) is 35.8. The van der Waals surface area contributed by atoms with Gasteiger partial charge in [-0.3, -0.25) is 4.79 Å². The van der Waals surface area contributed by atoms with E-state index in [0.29, 0.717) is 49.9 Å². The Morgan fingerprint density at radius 3 is 1.42 bits per heavy atom. The summed E-state index contributed by atoms with van der Waals surface area (Å²) in [4.78, 5) is 13.0. The van der Waals surface area contributed by atoms with E-state index in [2.05, 4.69) is 159 Å². The predicted octanol–water partition coefficient (Wildman–Crippen LogP) is 12.3. The topological polar surface area (TPSA) is 48.0 Å². The largest absolute Gasteiger partial charge is 0.441 e. The summed E-state index contributed by atoms with van der Waals surface area (Å²) in [6.45, 7) is 45.1. The van der Waals surface area contributed by atoms with Crippen molar-refractivity contribution in [2.75, 3.05) is 24.3 Å². The molecule has 0 bridgehead atoms. The molecule has 1 aromatic carbocycles. The second kappa shape index (κ2) is 17.6. The lowest BCUT2D eigenvalue weighted by Crippen LogP contribution is -2.60. The maximum Gasteiger partial charge on any atom is 0.304 e. The number of ether oxygens (including phenoxy) is 1. The number of fused-ring (bicyclic) bond motifs is 1. The predicted molar refractivity (Wildman–Crippen MR) is 224 cm³/mol. The fourth-order valence-corrected chi connectivity index (χ4v) is 28.9. The smallest absolute Gasteiger partial charge is 0.304 e. The quantitative estimate of drug-likeness (QED) is 0.0903. The van der Waals surface area contributed by atoms with Crippen molar-refractivity contribution in [3.63, 3.8) is 0 Å². The molecule has 0 aromatic heterocycles. The molecule has 0 saturated carbocycles. The molecule has 0 fully saturated rings. The van der Waals surface area contributed by atoms with Gasteiger partial charge in [0, 0.05) is 24.7 Å². The molecule has 5 nitrogen and oxygen atoms in total. The van der Waals surface area contributed by atoms with Crippen LogP contribution in [0.4, 0.5) is 5.69 Å². The van der Waals surface area contributed by atoms with Crippen molar-refractivity contribution in [1.29, 1.82) is 0 Å². The van der Waals surface area contributed by atoms with Crippen LogP contribution in [0.5, 0.6) is 0 Å². The number of nitrogens with zero attached hydrogens (tertiary/aromatic N) is 1. The van der Waals surface area contributed by atoms with Gasteiger partial charge in [-0.1, -0.05) is 137 Å². The average molecular weight is 744 g/mol. The fraction of sp³-hybridized carbons (Fsp3) is 0.786. The zero-order chi connectivity index (χ0) is 38.6. The Morgan fingerprint density at radius 2 is 1.08 bits per heavy atom. The second-order valence-corrected chi connectivity index (χ2v) is 34.8. The molecule has 286 valence electrons. The van der Waals surface area contributed by atoms with Gasteiger partial charge in [-0.05, 0) is 79.9 Å². The molecular formula is C42H77NO4Si3. The number of carbonyl (C=O) groups excluding carboxylic acids is 1. The van der Waals surface area contributed by atoms with Crippen LogP contribution >= 0.6 is 0 Å². The van der Waals surface area contributed by atoms with Crippen molar-refractivity contribution in [2.45, 2.75) is 193 Å². The Kier molecular flexibility index (Phi) is 15.8. The van der Waals surface area contributed by atoms with Gasteiger partial charge in [0.05, 0.1) is 13.2 Å². The molecule has 0 amide bonds. The Hall–Kier alpha value is -1.38. The van der Waals surface area contributed by atoms with Crippen molar-refractivity contribution in [3.05, 3.63) is 29.3 Å². The van der Waals surface area contributed by atoms with E-state index in [-0.39, 0.29) is 19.2 Å². The van der Waals surface area contributed by atoms with Crippen LogP contribution in [0.15, 0.2) is 18.2 Å². The van der Waals surface area contributed by atoms with Gasteiger partial charge in [0.1, 0.15) is 0 Å². The third-order valence-corrected chi connectivity index (χ3v) is 31.6. The number of hydrogen-bond acceptors (Lipinski definition) is 5. The Bertz CT molecular complexity index is 1220. The molecule has 1 aliphatic heterocycles. The van der Waals surface area contributed by atoms with E-state index in [9.17, 15) is 4.79 Å². The molecule has 8 heteroatoms. The Morgan fingerprint density at radius 1 is 0.680 bits per heavy atom. The normalized spacial score (nSPS) is 14.8. The van der Waals surface area contributed by atoms with Crippen molar-refractivity contribution >= 4 is 36.5 Å². The van der Waals surface area contributed by atoms with E-state index in [1.54, 1.807) is 0 Å². The van der Waals surface area contributed by atoms with Crippen molar-refractivity contribution in [2.24, 2.45) is 0 Å². The van der Waals surface area contributed by atoms with Crippen LogP contribution in [0, 0.1) is 11.8 Å². The average Bonchev–Trinajstić information content (AvgIpc) is 3.38. The van der Waals surface area contributed by atoms with Crippen LogP contribution < -0.4 is 4.57 Å². The third-order valence-electron chi connectivity index (χ3n) is 12.5. The third kappa shape index (κ3) is 8.70. The molecule has 0 atom stereocenters. The number of hydrogen-bond donors (Lipinski definition) is 0. The van der Waals surface area contributed by atoms with E-state index in [1.807, 2.05) is 0 Å². The highest BCUT2D eigenvalue weighted by atomic mass is 28.4. The highest BCUT2D eigenvalue weighted by Crippen LogP contribution is 2.49. The number of rotatable bonds is 17. The molecule has 1 aliphatic rings. The molecule has 2 rings (SSSR count). The van der Waals surface area contributed by atoms with Gasteiger partial charge in [-0.15, -0.1) is 0 Å². The minimum atomic E-state index is -2.32. The number of anilines is 1. The van der Waals surface area contributed by atoms with Crippen LogP contribution in [-0.2, 0) is 24.8 Å². The molecule has 0 unspecified atom stereocenters. The first-order valence-corrected chi connectivity index (χ1v) is 26.4. The number of carbonyl (C=O) groups is 1. The molecule has 50 heavy (non-hydrogen) atoms. The fourth-order valence-electron chi connectivity index (χ4n) is 10.9. The maximum atomic E-state index is 13.0. The lowest BCUT2D eigenvalue weighted by atomic mass is 10.1. The van der Waals surface area contributed by atoms with Crippen LogP contribution in [0.3, 0.4) is 0 Å². The van der Waals surface area contributed by atoms with Crippen molar-refractivity contribution in [1.82, 2.24) is 0 Å². The van der Waals surface area contributed by atoms with Gasteiger partial charge in [0.15, 0.2) is 8.24 Å². The number of esters is 1. The van der Waals surface area contributed by atoms with E-state index in [0.717, 1.165) is 18.5 Å². The van der Waals surface area contributed by atoms with Crippen LogP contribution in [0.25, 0.3) is 0 Å². The van der Waals surface area contributed by atoms with Gasteiger partial charge < -0.3 is 18.2 Å². The van der Waals surface area contributed by atoms with Gasteiger partial charge in [0.2, 0.25) is 22.2 Å². The monoisotopic (exact) mass is 744 g/mol. The van der Waals surface area contributed by atoms with Gasteiger partial charge in [-0.25, -0.2) is 0 Å². The highest BCUT2D eigenvalue weighted by Gasteiger charge is 2.52. The minimum Gasteiger partial charge on any atom is -0.441 e. The lowest BCUT2D eigenvalue weighted by Gasteiger charge is -2.51. The van der Waals surface area contributed by atoms with Crippen LogP contribution in [0.2, 0.25) is 49.9 Å². The first kappa shape index (κ1) is 44.8. The summed E-state index contributed by atoms with van der Waals surface area (Å²) in [5.41, 5.74) is 6.65. The summed E-state index contributed by atoms with van der Waals surface area (Å²) in [6.07, 6.45) is 1.07. The SMILES string of the molecule is CC(=O)OC(C#Cc1ccc2c(c1)N([Si](C(C)C)(C(C)C)C(C)C)CC2)(CO[Si](C(C)C)(C(C)C)C(C)C)CO[Si](C(C)C)(C(C)C)C(C)C. The molecule has 0 radical (unpaired) electrons. The van der Waals surface area contributed by atoms with Crippen molar-refractivity contribution in [3.8, 4) is 11.8 Å². The second-order valence-electron chi connectivity index (χ2n) is 18.1. The molecule has 1 aromatic rings. The Balaban J connectivity index is 2.84. The summed E-state index contributed by atoms with van der Waals surface area (Å²) in [7, 11) is -6.54. The summed E-state index contributed by atoms with van der Waals surface area (Å²) < 4.78 is 23.6. The van der Waals surface area contributed by atoms with E-state index in [1.165, 1.54) is 18.2 Å². The highest BCUT2D eigenvalue weighted by molar-refractivity contribution is 6.87. The molecule has 0 saturated heterocycles. The van der Waals surface area contributed by atoms with E-state index in [4.69, 9.17) is 13.6 Å². The Labute approximate surface area is 312 Å². The molecule has 0 aliphatic carbocycles. The van der Waals surface area contributed by atoms with Crippen LogP contribution in [-0.4, -0.2) is 56.2 Å². The zero-order valence-corrected chi connectivity index (χ0v) is 38.8. The summed E-state index contributed by atoms with van der Waals surface area (Å²) in [5, 5.41) is 0. The number of benzene rings is 1. The van der Waals surface area contributed by atoms with Gasteiger partial charge >= 0.3 is 5.97 Å². The summed E-state index contributed by atoms with van der Waals surface area (Å²) in [5.74, 6) is 6.77. The molecular weight excluding hydrogens is 667 g/mol. The van der Waals surface area contributed by atoms with E-state index < -0.39 is 30.5 Å². The molecule has 0 spiro atoms. The van der Waals surface area contributed by atoms with Gasteiger partial charge in [0.25, 0.3) is 0 Å². The van der Waals surface area contributed by atoms with Crippen LogP contribution in [0.1, 0.15) is 143 Å². The molecule has 1 heterocycles. The standard InChI is InChI=1S/C42H77NO4Si3/c1-29(2)48(30(3)4,31(5)6)43-25-23-40-21-20-39(26-41(40)43)22-24-42(47-38(19)44,27-45-49(32(7)8,33(9)10)34(11)12)28-46-50(35(13)14,36(15)16)37(17)18/h20-21,26,29-37H,23,25,27-28H2,1-19H3. The first-order chi connectivity index (χ1) is 23.0. The lowest BCUT2D eigenvalue weighted by molar-refractivity contribution is -0.157.